The number of carbonyl (C=O) groups excluding carboxylic acids is 1. The van der Waals surface area contributed by atoms with E-state index in [-0.39, 0.29) is 5.91 Å². The summed E-state index contributed by atoms with van der Waals surface area (Å²) in [5.74, 6) is -0.0428. The van der Waals surface area contributed by atoms with Gasteiger partial charge in [0.25, 0.3) is 5.91 Å². The van der Waals surface area contributed by atoms with Crippen molar-refractivity contribution in [3.05, 3.63) is 70.9 Å². The van der Waals surface area contributed by atoms with Crippen molar-refractivity contribution in [2.45, 2.75) is 31.8 Å². The summed E-state index contributed by atoms with van der Waals surface area (Å²) in [6.45, 7) is 2.44. The minimum atomic E-state index is -0.977. The molecule has 0 saturated carbocycles. The van der Waals surface area contributed by atoms with E-state index >= 15 is 0 Å². The first-order chi connectivity index (χ1) is 12.1. The van der Waals surface area contributed by atoms with Crippen LogP contribution in [0.4, 0.5) is 0 Å². The van der Waals surface area contributed by atoms with Crippen molar-refractivity contribution in [2.24, 2.45) is 0 Å². The molecule has 4 heteroatoms. The molecule has 1 amide bonds. The Kier molecular flexibility index (Phi) is 3.85. The first-order valence-electron chi connectivity index (χ1n) is 8.75. The molecular formula is C21H22N2O2. The van der Waals surface area contributed by atoms with Gasteiger partial charge < -0.3 is 15.4 Å². The van der Waals surface area contributed by atoms with Crippen LogP contribution in [0.25, 0.3) is 10.9 Å². The molecule has 4 rings (SSSR count). The highest BCUT2D eigenvalue weighted by molar-refractivity contribution is 6.08. The summed E-state index contributed by atoms with van der Waals surface area (Å²) >= 11 is 0. The smallest absolute Gasteiger partial charge is 0.251 e. The molecule has 0 bridgehead atoms. The molecule has 0 fully saturated rings. The van der Waals surface area contributed by atoms with Crippen LogP contribution in [0.5, 0.6) is 0 Å². The number of rotatable bonds is 4. The third-order valence-corrected chi connectivity index (χ3v) is 5.11. The van der Waals surface area contributed by atoms with E-state index in [0.717, 1.165) is 35.0 Å². The zero-order chi connectivity index (χ0) is 17.4. The van der Waals surface area contributed by atoms with Gasteiger partial charge in [-0.1, -0.05) is 36.4 Å². The summed E-state index contributed by atoms with van der Waals surface area (Å²) in [6, 6.07) is 15.9. The van der Waals surface area contributed by atoms with Gasteiger partial charge in [-0.3, -0.25) is 4.79 Å². The fourth-order valence-electron chi connectivity index (χ4n) is 3.77. The molecule has 1 aliphatic heterocycles. The number of aryl methyl sites for hydroxylation is 1. The Balaban J connectivity index is 1.74. The van der Waals surface area contributed by atoms with Gasteiger partial charge in [-0.05, 0) is 49.4 Å². The van der Waals surface area contributed by atoms with E-state index in [1.165, 1.54) is 5.56 Å². The van der Waals surface area contributed by atoms with Crippen molar-refractivity contribution in [3.8, 4) is 0 Å². The molecule has 128 valence electrons. The van der Waals surface area contributed by atoms with Gasteiger partial charge in [-0.15, -0.1) is 0 Å². The highest BCUT2D eigenvalue weighted by atomic mass is 16.3. The van der Waals surface area contributed by atoms with Crippen LogP contribution in [0.2, 0.25) is 0 Å². The van der Waals surface area contributed by atoms with E-state index in [4.69, 9.17) is 0 Å². The summed E-state index contributed by atoms with van der Waals surface area (Å²) in [5.41, 5.74) is 3.73. The monoisotopic (exact) mass is 334 g/mol. The van der Waals surface area contributed by atoms with Crippen molar-refractivity contribution in [3.63, 3.8) is 0 Å². The molecule has 1 unspecified atom stereocenters. The Morgan fingerprint density at radius 2 is 1.92 bits per heavy atom. The number of amides is 1. The molecule has 1 atom stereocenters. The predicted octanol–water partition coefficient (Wildman–Crippen LogP) is 3.29. The number of benzene rings is 2. The molecule has 0 aliphatic carbocycles. The second kappa shape index (κ2) is 6.05. The largest absolute Gasteiger partial charge is 0.384 e. The number of hydrogen-bond acceptors (Lipinski definition) is 2. The third kappa shape index (κ3) is 2.83. The predicted molar refractivity (Wildman–Crippen MR) is 98.7 cm³/mol. The zero-order valence-corrected chi connectivity index (χ0v) is 14.3. The highest BCUT2D eigenvalue weighted by Crippen LogP contribution is 2.35. The first-order valence-corrected chi connectivity index (χ1v) is 8.75. The lowest BCUT2D eigenvalue weighted by atomic mass is 9.89. The van der Waals surface area contributed by atoms with E-state index in [1.54, 1.807) is 0 Å². The summed E-state index contributed by atoms with van der Waals surface area (Å²) in [7, 11) is 0. The molecule has 3 aromatic rings. The van der Waals surface area contributed by atoms with E-state index in [1.807, 2.05) is 43.3 Å². The van der Waals surface area contributed by atoms with Crippen LogP contribution in [0.3, 0.4) is 0 Å². The van der Waals surface area contributed by atoms with Gasteiger partial charge in [0.05, 0.1) is 5.69 Å². The summed E-state index contributed by atoms with van der Waals surface area (Å²) in [5, 5.41) is 15.1. The number of nitrogens with one attached hydrogen (secondary N) is 2. The lowest BCUT2D eigenvalue weighted by Gasteiger charge is -2.24. The van der Waals surface area contributed by atoms with Gasteiger partial charge in [0.15, 0.2) is 0 Å². The zero-order valence-electron chi connectivity index (χ0n) is 14.3. The third-order valence-electron chi connectivity index (χ3n) is 5.11. The molecule has 0 radical (unpaired) electrons. The highest BCUT2D eigenvalue weighted by Gasteiger charge is 2.31. The van der Waals surface area contributed by atoms with Crippen LogP contribution in [-0.4, -0.2) is 22.5 Å². The Morgan fingerprint density at radius 3 is 2.72 bits per heavy atom. The Morgan fingerprint density at radius 1 is 1.12 bits per heavy atom. The first kappa shape index (κ1) is 15.9. The molecular weight excluding hydrogens is 312 g/mol. The second-order valence-corrected chi connectivity index (χ2v) is 6.97. The maximum Gasteiger partial charge on any atom is 0.251 e. The van der Waals surface area contributed by atoms with E-state index in [2.05, 4.69) is 22.4 Å². The van der Waals surface area contributed by atoms with E-state index in [9.17, 15) is 9.90 Å². The van der Waals surface area contributed by atoms with Gasteiger partial charge in [0.2, 0.25) is 0 Å². The van der Waals surface area contributed by atoms with Gasteiger partial charge in [0, 0.05) is 23.0 Å². The minimum Gasteiger partial charge on any atom is -0.384 e. The molecule has 3 N–H and O–H groups in total. The molecule has 2 aromatic carbocycles. The Hall–Kier alpha value is -2.59. The van der Waals surface area contributed by atoms with Crippen LogP contribution in [0.1, 0.15) is 40.5 Å². The van der Waals surface area contributed by atoms with Crippen molar-refractivity contribution in [1.82, 2.24) is 10.3 Å². The quantitative estimate of drug-likeness (QED) is 0.685. The number of aliphatic hydroxyl groups is 1. The van der Waals surface area contributed by atoms with Crippen LogP contribution < -0.4 is 5.32 Å². The van der Waals surface area contributed by atoms with Crippen LogP contribution in [-0.2, 0) is 18.4 Å². The van der Waals surface area contributed by atoms with Crippen molar-refractivity contribution in [2.75, 3.05) is 6.54 Å². The average Bonchev–Trinajstić information content (AvgIpc) is 2.92. The van der Waals surface area contributed by atoms with Crippen molar-refractivity contribution >= 4 is 16.8 Å². The SMILES string of the molecule is CC(O)(CCc1ccccc1)c1[nH]c2cccc3c2c1CCNC3=O. The van der Waals surface area contributed by atoms with Gasteiger partial charge in [-0.2, -0.15) is 0 Å². The molecule has 2 heterocycles. The standard InChI is InChI=1S/C21H22N2O2/c1-21(25,12-10-14-6-3-2-4-7-14)19-15-11-13-22-20(24)16-8-5-9-17(23-19)18(15)16/h2-9,23,25H,10-13H2,1H3,(H,22,24). The molecule has 4 nitrogen and oxygen atoms in total. The Labute approximate surface area is 146 Å². The van der Waals surface area contributed by atoms with Crippen molar-refractivity contribution in [1.29, 1.82) is 0 Å². The number of H-pyrrole nitrogens is 1. The second-order valence-electron chi connectivity index (χ2n) is 6.97. The minimum absolute atomic E-state index is 0.0428. The molecule has 1 aliphatic rings. The maximum atomic E-state index is 12.3. The van der Waals surface area contributed by atoms with Crippen LogP contribution >= 0.6 is 0 Å². The molecule has 0 saturated heterocycles. The van der Waals surface area contributed by atoms with Crippen LogP contribution in [0, 0.1) is 0 Å². The topological polar surface area (TPSA) is 65.1 Å². The molecule has 0 spiro atoms. The molecule has 25 heavy (non-hydrogen) atoms. The molecule has 1 aromatic heterocycles. The average molecular weight is 334 g/mol. The normalized spacial score (nSPS) is 16.3. The maximum absolute atomic E-state index is 12.3. The van der Waals surface area contributed by atoms with Gasteiger partial charge >= 0.3 is 0 Å². The van der Waals surface area contributed by atoms with E-state index < -0.39 is 5.60 Å². The summed E-state index contributed by atoms with van der Waals surface area (Å²) in [6.07, 6.45) is 2.14. The summed E-state index contributed by atoms with van der Waals surface area (Å²) in [4.78, 5) is 15.7. The number of carbonyl (C=O) groups is 1. The number of aromatic nitrogens is 1. The Bertz CT molecular complexity index is 926. The fourth-order valence-corrected chi connectivity index (χ4v) is 3.77. The fraction of sp³-hybridized carbons (Fsp3) is 0.286. The van der Waals surface area contributed by atoms with Gasteiger partial charge in [-0.25, -0.2) is 0 Å². The lowest BCUT2D eigenvalue weighted by Crippen LogP contribution is -2.26. The van der Waals surface area contributed by atoms with Crippen molar-refractivity contribution < 1.29 is 9.90 Å². The number of hydrogen-bond donors (Lipinski definition) is 3. The summed E-state index contributed by atoms with van der Waals surface area (Å²) < 4.78 is 0. The van der Waals surface area contributed by atoms with Gasteiger partial charge in [0.1, 0.15) is 5.60 Å². The van der Waals surface area contributed by atoms with E-state index in [0.29, 0.717) is 18.5 Å². The van der Waals surface area contributed by atoms with Crippen LogP contribution in [0.15, 0.2) is 48.5 Å². The lowest BCUT2D eigenvalue weighted by molar-refractivity contribution is 0.0434. The number of aromatic amines is 1.